The smallest absolute Gasteiger partial charge is 0.313 e. The van der Waals surface area contributed by atoms with E-state index in [1.54, 1.807) is 17.0 Å². The van der Waals surface area contributed by atoms with Crippen molar-refractivity contribution in [2.24, 2.45) is 0 Å². The molecule has 1 aliphatic rings. The van der Waals surface area contributed by atoms with Gasteiger partial charge in [-0.15, -0.1) is 0 Å². The van der Waals surface area contributed by atoms with Crippen LogP contribution in [0.3, 0.4) is 0 Å². The Kier molecular flexibility index (Phi) is 5.14. The first kappa shape index (κ1) is 17.2. The average molecular weight is 357 g/mol. The molecule has 7 heteroatoms. The summed E-state index contributed by atoms with van der Waals surface area (Å²) in [5.74, 6) is -1.33. The Morgan fingerprint density at radius 1 is 1.24 bits per heavy atom. The first-order chi connectivity index (χ1) is 12.0. The van der Waals surface area contributed by atoms with E-state index >= 15 is 0 Å². The third-order valence-corrected chi connectivity index (χ3v) is 4.80. The Morgan fingerprint density at radius 3 is 2.76 bits per heavy atom. The van der Waals surface area contributed by atoms with Gasteiger partial charge in [-0.2, -0.15) is 11.3 Å². The Morgan fingerprint density at radius 2 is 2.08 bits per heavy atom. The van der Waals surface area contributed by atoms with Crippen LogP contribution in [0.1, 0.15) is 24.0 Å². The van der Waals surface area contributed by atoms with Crippen LogP contribution in [-0.2, 0) is 20.9 Å². The molecule has 0 aliphatic carbocycles. The van der Waals surface area contributed by atoms with Gasteiger partial charge in [0.2, 0.25) is 5.91 Å². The van der Waals surface area contributed by atoms with E-state index in [0.717, 1.165) is 23.2 Å². The highest BCUT2D eigenvalue weighted by Crippen LogP contribution is 2.28. The van der Waals surface area contributed by atoms with Gasteiger partial charge in [-0.05, 0) is 53.4 Å². The molecule has 130 valence electrons. The van der Waals surface area contributed by atoms with Gasteiger partial charge in [0.05, 0.1) is 0 Å². The van der Waals surface area contributed by atoms with Crippen LogP contribution in [0.2, 0.25) is 0 Å². The Bertz CT molecular complexity index is 802. The summed E-state index contributed by atoms with van der Waals surface area (Å²) in [4.78, 5) is 37.6. The molecule has 1 aromatic carbocycles. The SMILES string of the molecule is Cc1ccc(NC(=O)C(=O)NCc2ccsc2)cc1N1CCCC1=O. The lowest BCUT2D eigenvalue weighted by Gasteiger charge is -2.19. The van der Waals surface area contributed by atoms with E-state index in [4.69, 9.17) is 0 Å². The van der Waals surface area contributed by atoms with Gasteiger partial charge in [0.15, 0.2) is 0 Å². The fourth-order valence-corrected chi connectivity index (χ4v) is 3.39. The van der Waals surface area contributed by atoms with E-state index < -0.39 is 11.8 Å². The van der Waals surface area contributed by atoms with Crippen molar-refractivity contribution in [3.8, 4) is 0 Å². The van der Waals surface area contributed by atoms with Crippen molar-refractivity contribution in [3.63, 3.8) is 0 Å². The second-order valence-corrected chi connectivity index (χ2v) is 6.70. The number of anilines is 2. The average Bonchev–Trinajstić information content (AvgIpc) is 3.26. The first-order valence-corrected chi connectivity index (χ1v) is 9.00. The minimum absolute atomic E-state index is 0.0834. The van der Waals surface area contributed by atoms with Gasteiger partial charge in [-0.1, -0.05) is 6.07 Å². The van der Waals surface area contributed by atoms with E-state index in [-0.39, 0.29) is 5.91 Å². The number of thiophene rings is 1. The molecule has 0 unspecified atom stereocenters. The molecule has 6 nitrogen and oxygen atoms in total. The van der Waals surface area contributed by atoms with E-state index in [1.165, 1.54) is 11.3 Å². The maximum atomic E-state index is 12.1. The molecular formula is C18H19N3O3S. The van der Waals surface area contributed by atoms with Crippen molar-refractivity contribution in [1.29, 1.82) is 0 Å². The van der Waals surface area contributed by atoms with Crippen molar-refractivity contribution in [1.82, 2.24) is 5.32 Å². The zero-order valence-electron chi connectivity index (χ0n) is 13.9. The third-order valence-electron chi connectivity index (χ3n) is 4.07. The second-order valence-electron chi connectivity index (χ2n) is 5.92. The summed E-state index contributed by atoms with van der Waals surface area (Å²) in [6.45, 7) is 2.91. The number of amides is 3. The monoisotopic (exact) mass is 357 g/mol. The topological polar surface area (TPSA) is 78.5 Å². The molecule has 1 aliphatic heterocycles. The van der Waals surface area contributed by atoms with Gasteiger partial charge in [0.1, 0.15) is 0 Å². The molecule has 0 radical (unpaired) electrons. The standard InChI is InChI=1S/C18H19N3O3S/c1-12-4-5-14(9-15(12)21-7-2-3-16(21)22)20-18(24)17(23)19-10-13-6-8-25-11-13/h4-6,8-9,11H,2-3,7,10H2,1H3,(H,19,23)(H,20,24). The Hall–Kier alpha value is -2.67. The number of nitrogens with one attached hydrogen (secondary N) is 2. The van der Waals surface area contributed by atoms with Gasteiger partial charge in [-0.3, -0.25) is 14.4 Å². The maximum absolute atomic E-state index is 12.1. The van der Waals surface area contributed by atoms with Crippen LogP contribution in [0.25, 0.3) is 0 Å². The van der Waals surface area contributed by atoms with Crippen LogP contribution in [0.4, 0.5) is 11.4 Å². The number of nitrogens with zero attached hydrogens (tertiary/aromatic N) is 1. The van der Waals surface area contributed by atoms with Gasteiger partial charge >= 0.3 is 11.8 Å². The van der Waals surface area contributed by atoms with Crippen molar-refractivity contribution in [2.45, 2.75) is 26.3 Å². The molecule has 25 heavy (non-hydrogen) atoms. The van der Waals surface area contributed by atoms with Crippen LogP contribution in [0.5, 0.6) is 0 Å². The number of rotatable bonds is 4. The lowest BCUT2D eigenvalue weighted by atomic mass is 10.1. The quantitative estimate of drug-likeness (QED) is 0.825. The molecule has 2 N–H and O–H groups in total. The lowest BCUT2D eigenvalue weighted by molar-refractivity contribution is -0.136. The number of carbonyl (C=O) groups is 3. The molecule has 0 atom stereocenters. The maximum Gasteiger partial charge on any atom is 0.313 e. The van der Waals surface area contributed by atoms with Gasteiger partial charge in [-0.25, -0.2) is 0 Å². The highest BCUT2D eigenvalue weighted by Gasteiger charge is 2.23. The number of hydrogen-bond acceptors (Lipinski definition) is 4. The summed E-state index contributed by atoms with van der Waals surface area (Å²) < 4.78 is 0. The Balaban J connectivity index is 1.64. The van der Waals surface area contributed by atoms with Gasteiger partial charge in [0.25, 0.3) is 0 Å². The van der Waals surface area contributed by atoms with Crippen molar-refractivity contribution < 1.29 is 14.4 Å². The minimum atomic E-state index is -0.724. The van der Waals surface area contributed by atoms with E-state index in [9.17, 15) is 14.4 Å². The summed E-state index contributed by atoms with van der Waals surface area (Å²) in [5, 5.41) is 9.00. The van der Waals surface area contributed by atoms with Crippen LogP contribution in [-0.4, -0.2) is 24.3 Å². The summed E-state index contributed by atoms with van der Waals surface area (Å²) >= 11 is 1.53. The van der Waals surface area contributed by atoms with Crippen molar-refractivity contribution in [3.05, 3.63) is 46.2 Å². The fraction of sp³-hybridized carbons (Fsp3) is 0.278. The molecule has 1 saturated heterocycles. The van der Waals surface area contributed by atoms with Crippen molar-refractivity contribution in [2.75, 3.05) is 16.8 Å². The number of aryl methyl sites for hydroxylation is 1. The highest BCUT2D eigenvalue weighted by molar-refractivity contribution is 7.07. The molecule has 2 aromatic rings. The highest BCUT2D eigenvalue weighted by atomic mass is 32.1. The number of carbonyl (C=O) groups excluding carboxylic acids is 3. The molecule has 1 fully saturated rings. The van der Waals surface area contributed by atoms with Crippen LogP contribution < -0.4 is 15.5 Å². The minimum Gasteiger partial charge on any atom is -0.344 e. The summed E-state index contributed by atoms with van der Waals surface area (Å²) in [5.41, 5.74) is 3.18. The number of benzene rings is 1. The second kappa shape index (κ2) is 7.48. The first-order valence-electron chi connectivity index (χ1n) is 8.06. The van der Waals surface area contributed by atoms with Crippen molar-refractivity contribution >= 4 is 40.4 Å². The van der Waals surface area contributed by atoms with E-state index in [1.807, 2.05) is 29.8 Å². The molecule has 0 bridgehead atoms. The molecule has 3 rings (SSSR count). The van der Waals surface area contributed by atoms with Crippen LogP contribution in [0.15, 0.2) is 35.0 Å². The van der Waals surface area contributed by atoms with Gasteiger partial charge < -0.3 is 15.5 Å². The normalized spacial score (nSPS) is 13.8. The third kappa shape index (κ3) is 4.06. The van der Waals surface area contributed by atoms with E-state index in [0.29, 0.717) is 25.2 Å². The molecule has 3 amide bonds. The Labute approximate surface area is 149 Å². The zero-order chi connectivity index (χ0) is 17.8. The van der Waals surface area contributed by atoms with Crippen LogP contribution >= 0.6 is 11.3 Å². The molecule has 0 saturated carbocycles. The lowest BCUT2D eigenvalue weighted by Crippen LogP contribution is -2.35. The largest absolute Gasteiger partial charge is 0.344 e. The van der Waals surface area contributed by atoms with Crippen LogP contribution in [0, 0.1) is 6.92 Å². The summed E-state index contributed by atoms with van der Waals surface area (Å²) in [6, 6.07) is 7.19. The number of hydrogen-bond donors (Lipinski definition) is 2. The molecule has 1 aromatic heterocycles. The summed E-state index contributed by atoms with van der Waals surface area (Å²) in [6.07, 6.45) is 1.38. The zero-order valence-corrected chi connectivity index (χ0v) is 14.7. The van der Waals surface area contributed by atoms with Gasteiger partial charge in [0, 0.05) is 30.9 Å². The fourth-order valence-electron chi connectivity index (χ4n) is 2.72. The predicted molar refractivity (Wildman–Crippen MR) is 97.6 cm³/mol. The molecule has 0 spiro atoms. The van der Waals surface area contributed by atoms with E-state index in [2.05, 4.69) is 10.6 Å². The molecular weight excluding hydrogens is 338 g/mol. The predicted octanol–water partition coefficient (Wildman–Crippen LogP) is 2.44. The summed E-state index contributed by atoms with van der Waals surface area (Å²) in [7, 11) is 0. The molecule has 2 heterocycles.